The van der Waals surface area contributed by atoms with E-state index in [1.807, 2.05) is 22.2 Å². The Kier molecular flexibility index (Phi) is 6.01. The van der Waals surface area contributed by atoms with Gasteiger partial charge in [-0.05, 0) is 86.2 Å². The van der Waals surface area contributed by atoms with Crippen LogP contribution in [0.4, 0.5) is 0 Å². The summed E-state index contributed by atoms with van der Waals surface area (Å²) in [7, 11) is 3.77. The maximum absolute atomic E-state index is 14.0. The molecule has 4 aromatic rings. The van der Waals surface area contributed by atoms with E-state index in [0.29, 0.717) is 5.92 Å². The number of aromatic nitrogens is 5. The molecule has 8 nitrogen and oxygen atoms in total. The highest BCUT2D eigenvalue weighted by Crippen LogP contribution is 2.49. The molecule has 1 atom stereocenters. The molecule has 1 saturated heterocycles. The standard InChI is InChI=1S/C31H38N6O2/c1-20-6-5-11-36(16-20)17-23-13-26-27(21-9-10-21)18-37(29(38)28(26)33-23)24-8-4-7-22(12-24)31(14-25(15-31)39-3)30-34-32-19-35(30)2/h4,7-8,12-13,18-21,25,33H,5-6,9-11,14-17H2,1-3H3/t20-,25?,31?/m0/s1. The molecule has 0 spiro atoms. The minimum atomic E-state index is -0.278. The summed E-state index contributed by atoms with van der Waals surface area (Å²) < 4.78 is 9.54. The number of likely N-dealkylation sites (tertiary alicyclic amines) is 1. The summed E-state index contributed by atoms with van der Waals surface area (Å²) in [6, 6.07) is 10.7. The maximum atomic E-state index is 14.0. The summed E-state index contributed by atoms with van der Waals surface area (Å²) in [6.45, 7) is 5.46. The second-order valence-electron chi connectivity index (χ2n) is 12.3. The van der Waals surface area contributed by atoms with Gasteiger partial charge in [-0.25, -0.2) is 0 Å². The van der Waals surface area contributed by atoms with Crippen molar-refractivity contribution < 1.29 is 4.74 Å². The molecule has 1 aliphatic heterocycles. The van der Waals surface area contributed by atoms with Crippen LogP contribution in [0.3, 0.4) is 0 Å². The second-order valence-corrected chi connectivity index (χ2v) is 12.3. The van der Waals surface area contributed by atoms with Crippen molar-refractivity contribution in [1.29, 1.82) is 0 Å². The van der Waals surface area contributed by atoms with Gasteiger partial charge in [-0.15, -0.1) is 10.2 Å². The fourth-order valence-corrected chi connectivity index (χ4v) is 7.06. The van der Waals surface area contributed by atoms with E-state index in [0.717, 1.165) is 72.1 Å². The van der Waals surface area contributed by atoms with Crippen molar-refractivity contribution in [3.05, 3.63) is 75.9 Å². The molecule has 3 aliphatic rings. The molecule has 2 saturated carbocycles. The van der Waals surface area contributed by atoms with Gasteiger partial charge < -0.3 is 14.3 Å². The van der Waals surface area contributed by atoms with Crippen molar-refractivity contribution in [3.8, 4) is 5.69 Å². The molecule has 204 valence electrons. The predicted molar refractivity (Wildman–Crippen MR) is 151 cm³/mol. The molecular formula is C31H38N6O2. The number of nitrogens with one attached hydrogen (secondary N) is 1. The van der Waals surface area contributed by atoms with E-state index in [-0.39, 0.29) is 17.1 Å². The Morgan fingerprint density at radius 2 is 2.03 bits per heavy atom. The minimum Gasteiger partial charge on any atom is -0.381 e. The zero-order valence-electron chi connectivity index (χ0n) is 23.2. The lowest BCUT2D eigenvalue weighted by Gasteiger charge is -2.46. The van der Waals surface area contributed by atoms with E-state index < -0.39 is 0 Å². The van der Waals surface area contributed by atoms with Crippen molar-refractivity contribution in [2.45, 2.75) is 69.4 Å². The molecule has 1 aromatic carbocycles. The summed E-state index contributed by atoms with van der Waals surface area (Å²) >= 11 is 0. The van der Waals surface area contributed by atoms with E-state index >= 15 is 0 Å². The Balaban J connectivity index is 1.29. The first kappa shape index (κ1) is 24.8. The van der Waals surface area contributed by atoms with Crippen LogP contribution in [0.1, 0.15) is 74.0 Å². The number of hydrogen-bond donors (Lipinski definition) is 1. The van der Waals surface area contributed by atoms with Crippen LogP contribution in [0, 0.1) is 5.92 Å². The normalized spacial score (nSPS) is 25.7. The van der Waals surface area contributed by atoms with Gasteiger partial charge >= 0.3 is 0 Å². The Labute approximate surface area is 229 Å². The lowest BCUT2D eigenvalue weighted by molar-refractivity contribution is -0.00696. The molecule has 39 heavy (non-hydrogen) atoms. The molecule has 3 fully saturated rings. The molecule has 4 heterocycles. The molecule has 7 rings (SSSR count). The van der Waals surface area contributed by atoms with Crippen LogP contribution in [0.25, 0.3) is 16.6 Å². The summed E-state index contributed by atoms with van der Waals surface area (Å²) in [5.74, 6) is 2.20. The molecule has 2 aliphatic carbocycles. The zero-order valence-corrected chi connectivity index (χ0v) is 23.2. The number of aromatic amines is 1. The Bertz CT molecular complexity index is 1570. The van der Waals surface area contributed by atoms with Gasteiger partial charge in [0.1, 0.15) is 17.7 Å². The van der Waals surface area contributed by atoms with E-state index in [9.17, 15) is 4.79 Å². The molecule has 3 aromatic heterocycles. The highest BCUT2D eigenvalue weighted by molar-refractivity contribution is 5.84. The van der Waals surface area contributed by atoms with Crippen LogP contribution >= 0.6 is 0 Å². The van der Waals surface area contributed by atoms with Crippen molar-refractivity contribution in [2.75, 3.05) is 20.2 Å². The number of H-pyrrole nitrogens is 1. The molecule has 0 amide bonds. The van der Waals surface area contributed by atoms with Gasteiger partial charge in [-0.2, -0.15) is 0 Å². The van der Waals surface area contributed by atoms with E-state index in [2.05, 4.69) is 57.5 Å². The van der Waals surface area contributed by atoms with Gasteiger partial charge in [-0.1, -0.05) is 19.1 Å². The number of aryl methyl sites for hydroxylation is 1. The number of rotatable bonds is 7. The van der Waals surface area contributed by atoms with Crippen LogP contribution in [0.2, 0.25) is 0 Å². The summed E-state index contributed by atoms with van der Waals surface area (Å²) in [5.41, 5.74) is 4.94. The number of pyridine rings is 1. The summed E-state index contributed by atoms with van der Waals surface area (Å²) in [4.78, 5) is 20.1. The molecule has 0 bridgehead atoms. The number of benzene rings is 1. The van der Waals surface area contributed by atoms with E-state index in [1.165, 1.54) is 31.2 Å². The predicted octanol–water partition coefficient (Wildman–Crippen LogP) is 4.65. The summed E-state index contributed by atoms with van der Waals surface area (Å²) in [6.07, 6.45) is 10.7. The average molecular weight is 527 g/mol. The third kappa shape index (κ3) is 4.25. The van der Waals surface area contributed by atoms with Gasteiger partial charge in [0.05, 0.1) is 11.5 Å². The fraction of sp³-hybridized carbons (Fsp3) is 0.516. The molecule has 0 unspecified atom stereocenters. The first-order valence-corrected chi connectivity index (χ1v) is 14.4. The second kappa shape index (κ2) is 9.45. The summed E-state index contributed by atoms with van der Waals surface area (Å²) in [5, 5.41) is 9.77. The number of nitrogens with zero attached hydrogens (tertiary/aromatic N) is 5. The van der Waals surface area contributed by atoms with E-state index in [1.54, 1.807) is 13.4 Å². The number of fused-ring (bicyclic) bond motifs is 1. The van der Waals surface area contributed by atoms with E-state index in [4.69, 9.17) is 4.74 Å². The van der Waals surface area contributed by atoms with Gasteiger partial charge in [0, 0.05) is 50.2 Å². The number of hydrogen-bond acceptors (Lipinski definition) is 5. The van der Waals surface area contributed by atoms with Crippen molar-refractivity contribution in [3.63, 3.8) is 0 Å². The Morgan fingerprint density at radius 1 is 1.18 bits per heavy atom. The maximum Gasteiger partial charge on any atom is 0.279 e. The largest absolute Gasteiger partial charge is 0.381 e. The fourth-order valence-electron chi connectivity index (χ4n) is 7.06. The van der Waals surface area contributed by atoms with Crippen molar-refractivity contribution in [1.82, 2.24) is 29.2 Å². The van der Waals surface area contributed by atoms with Crippen molar-refractivity contribution >= 4 is 10.9 Å². The first-order chi connectivity index (χ1) is 18.9. The molecule has 1 N–H and O–H groups in total. The average Bonchev–Trinajstić information content (AvgIpc) is 3.52. The molecular weight excluding hydrogens is 488 g/mol. The SMILES string of the molecule is COC1CC(c2cccc(-n3cc(C4CC4)c4cc(CN5CCC[C@H](C)C5)[nH]c4c3=O)c2)(c2nncn2C)C1. The van der Waals surface area contributed by atoms with Gasteiger partial charge in [0.25, 0.3) is 5.56 Å². The third-order valence-electron chi connectivity index (χ3n) is 9.34. The highest BCUT2D eigenvalue weighted by Gasteiger charge is 2.50. The Morgan fingerprint density at radius 3 is 2.74 bits per heavy atom. The van der Waals surface area contributed by atoms with Crippen LogP contribution in [0.5, 0.6) is 0 Å². The number of ether oxygens (including phenoxy) is 1. The van der Waals surface area contributed by atoms with Crippen LogP contribution < -0.4 is 5.56 Å². The topological polar surface area (TPSA) is 81.0 Å². The third-order valence-corrected chi connectivity index (χ3v) is 9.34. The molecule has 0 radical (unpaired) electrons. The first-order valence-electron chi connectivity index (χ1n) is 14.4. The zero-order chi connectivity index (χ0) is 26.7. The number of methoxy groups -OCH3 is 1. The molecule has 8 heteroatoms. The Hall–Kier alpha value is -3.23. The minimum absolute atomic E-state index is 0.0147. The van der Waals surface area contributed by atoms with Crippen molar-refractivity contribution in [2.24, 2.45) is 13.0 Å². The van der Waals surface area contributed by atoms with Crippen LogP contribution in [-0.4, -0.2) is 55.5 Å². The van der Waals surface area contributed by atoms with Gasteiger partial charge in [0.2, 0.25) is 0 Å². The highest BCUT2D eigenvalue weighted by atomic mass is 16.5. The van der Waals surface area contributed by atoms with Gasteiger partial charge in [-0.3, -0.25) is 14.3 Å². The van der Waals surface area contributed by atoms with Crippen LogP contribution in [0.15, 0.2) is 47.7 Å². The number of piperidine rings is 1. The lowest BCUT2D eigenvalue weighted by Crippen LogP contribution is -2.48. The van der Waals surface area contributed by atoms with Gasteiger partial charge in [0.15, 0.2) is 0 Å². The lowest BCUT2D eigenvalue weighted by atomic mass is 9.62. The smallest absolute Gasteiger partial charge is 0.279 e. The quantitative estimate of drug-likeness (QED) is 0.379. The van der Waals surface area contributed by atoms with Crippen LogP contribution in [-0.2, 0) is 23.7 Å². The monoisotopic (exact) mass is 526 g/mol.